The summed E-state index contributed by atoms with van der Waals surface area (Å²) >= 11 is 1.88. The lowest BCUT2D eigenvalue weighted by atomic mass is 9.94. The van der Waals surface area contributed by atoms with Crippen molar-refractivity contribution in [1.29, 1.82) is 0 Å². The van der Waals surface area contributed by atoms with Crippen LogP contribution in [0.2, 0.25) is 0 Å². The molecule has 108 valence electrons. The first kappa shape index (κ1) is 14.7. The molecule has 19 heavy (non-hydrogen) atoms. The average molecular weight is 284 g/mol. The number of piperazine rings is 1. The molecule has 2 rings (SSSR count). The largest absolute Gasteiger partial charge is 0.342 e. The molecule has 1 atom stereocenters. The van der Waals surface area contributed by atoms with E-state index in [0.29, 0.717) is 12.5 Å². The Kier molecular flexibility index (Phi) is 4.43. The molecule has 1 heterocycles. The topological polar surface area (TPSA) is 49.4 Å². The monoisotopic (exact) mass is 284 g/mol. The molecular weight excluding hydrogens is 260 g/mol. The van der Waals surface area contributed by atoms with Crippen LogP contribution >= 0.6 is 11.8 Å². The molecule has 1 aliphatic heterocycles. The maximum Gasteiger partial charge on any atom is 0.246 e. The van der Waals surface area contributed by atoms with Gasteiger partial charge >= 0.3 is 0 Å². The maximum atomic E-state index is 12.5. The van der Waals surface area contributed by atoms with Gasteiger partial charge in [0, 0.05) is 6.54 Å². The number of nitrogens with zero attached hydrogens (tertiary/aromatic N) is 1. The third-order valence-corrected chi connectivity index (χ3v) is 5.00. The second-order valence-electron chi connectivity index (χ2n) is 5.89. The Morgan fingerprint density at radius 3 is 2.63 bits per heavy atom. The predicted molar refractivity (Wildman–Crippen MR) is 78.1 cm³/mol. The van der Waals surface area contributed by atoms with Crippen molar-refractivity contribution in [3.63, 3.8) is 0 Å². The predicted octanol–water partition coefficient (Wildman–Crippen LogP) is 1.65. The third kappa shape index (κ3) is 3.07. The standard InChI is InChI=1S/C14H24N2O2S/c1-4-19-9-5-8-16-12(17)11(10-6-7-10)15-13(18)14(16,2)3/h10-11H,4-9H2,1-3H3,(H,15,18). The highest BCUT2D eigenvalue weighted by Crippen LogP contribution is 2.36. The smallest absolute Gasteiger partial charge is 0.246 e. The second-order valence-corrected chi connectivity index (χ2v) is 7.28. The summed E-state index contributed by atoms with van der Waals surface area (Å²) in [4.78, 5) is 26.5. The molecule has 0 bridgehead atoms. The van der Waals surface area contributed by atoms with E-state index in [0.717, 1.165) is 30.8 Å². The van der Waals surface area contributed by atoms with Gasteiger partial charge in [0.15, 0.2) is 0 Å². The number of thioether (sulfide) groups is 1. The van der Waals surface area contributed by atoms with Crippen LogP contribution in [0.25, 0.3) is 0 Å². The molecule has 0 aromatic heterocycles. The van der Waals surface area contributed by atoms with Crippen LogP contribution in [0.15, 0.2) is 0 Å². The van der Waals surface area contributed by atoms with Crippen molar-refractivity contribution < 1.29 is 9.59 Å². The Balaban J connectivity index is 2.01. The minimum Gasteiger partial charge on any atom is -0.342 e. The van der Waals surface area contributed by atoms with Crippen molar-refractivity contribution in [2.75, 3.05) is 18.1 Å². The fourth-order valence-corrected chi connectivity index (χ4v) is 3.18. The molecule has 0 spiro atoms. The van der Waals surface area contributed by atoms with Crippen LogP contribution in [-0.4, -0.2) is 46.3 Å². The number of hydrogen-bond acceptors (Lipinski definition) is 3. The lowest BCUT2D eigenvalue weighted by Gasteiger charge is -2.44. The van der Waals surface area contributed by atoms with E-state index in [1.165, 1.54) is 0 Å². The van der Waals surface area contributed by atoms with E-state index >= 15 is 0 Å². The Bertz CT molecular complexity index is 366. The zero-order valence-corrected chi connectivity index (χ0v) is 12.9. The number of carbonyl (C=O) groups is 2. The van der Waals surface area contributed by atoms with Crippen LogP contribution < -0.4 is 5.32 Å². The van der Waals surface area contributed by atoms with Gasteiger partial charge in [-0.25, -0.2) is 0 Å². The summed E-state index contributed by atoms with van der Waals surface area (Å²) in [5, 5.41) is 2.91. The maximum absolute atomic E-state index is 12.5. The second kappa shape index (κ2) is 5.73. The van der Waals surface area contributed by atoms with Crippen molar-refractivity contribution in [1.82, 2.24) is 10.2 Å². The SMILES string of the molecule is CCSCCCN1C(=O)C(C2CC2)NC(=O)C1(C)C. The molecule has 0 aromatic carbocycles. The summed E-state index contributed by atoms with van der Waals surface area (Å²) in [5.41, 5.74) is -0.709. The first-order chi connectivity index (χ1) is 8.98. The van der Waals surface area contributed by atoms with Gasteiger partial charge in [0.1, 0.15) is 11.6 Å². The first-order valence-electron chi connectivity index (χ1n) is 7.18. The minimum absolute atomic E-state index is 0.00727. The Labute approximate surface area is 119 Å². The highest BCUT2D eigenvalue weighted by atomic mass is 32.2. The lowest BCUT2D eigenvalue weighted by molar-refractivity contribution is -0.155. The normalized spacial score (nSPS) is 26.5. The van der Waals surface area contributed by atoms with Crippen LogP contribution in [-0.2, 0) is 9.59 Å². The molecule has 2 amide bonds. The van der Waals surface area contributed by atoms with E-state index in [4.69, 9.17) is 0 Å². The minimum atomic E-state index is -0.709. The molecule has 2 fully saturated rings. The van der Waals surface area contributed by atoms with Crippen LogP contribution in [0.1, 0.15) is 40.0 Å². The number of hydrogen-bond donors (Lipinski definition) is 1. The average Bonchev–Trinajstić information content (AvgIpc) is 3.17. The van der Waals surface area contributed by atoms with E-state index < -0.39 is 5.54 Å². The number of carbonyl (C=O) groups excluding carboxylic acids is 2. The van der Waals surface area contributed by atoms with E-state index in [9.17, 15) is 9.59 Å². The Morgan fingerprint density at radius 1 is 1.37 bits per heavy atom. The van der Waals surface area contributed by atoms with Gasteiger partial charge in [-0.3, -0.25) is 9.59 Å². The molecule has 1 N–H and O–H groups in total. The molecule has 4 nitrogen and oxygen atoms in total. The Morgan fingerprint density at radius 2 is 2.05 bits per heavy atom. The molecule has 1 saturated heterocycles. The van der Waals surface area contributed by atoms with Crippen molar-refractivity contribution >= 4 is 23.6 Å². The fourth-order valence-electron chi connectivity index (χ4n) is 2.55. The van der Waals surface area contributed by atoms with Crippen LogP contribution in [0.3, 0.4) is 0 Å². The van der Waals surface area contributed by atoms with E-state index in [2.05, 4.69) is 12.2 Å². The van der Waals surface area contributed by atoms with E-state index in [1.807, 2.05) is 25.6 Å². The summed E-state index contributed by atoms with van der Waals surface area (Å²) in [5.74, 6) is 2.63. The first-order valence-corrected chi connectivity index (χ1v) is 8.34. The van der Waals surface area contributed by atoms with Gasteiger partial charge in [-0.15, -0.1) is 0 Å². The van der Waals surface area contributed by atoms with Crippen molar-refractivity contribution in [2.45, 2.75) is 51.6 Å². The van der Waals surface area contributed by atoms with Gasteiger partial charge in [0.05, 0.1) is 0 Å². The van der Waals surface area contributed by atoms with Crippen molar-refractivity contribution in [2.24, 2.45) is 5.92 Å². The molecule has 2 aliphatic rings. The summed E-state index contributed by atoms with van der Waals surface area (Å²) in [6, 6.07) is -0.264. The van der Waals surface area contributed by atoms with E-state index in [1.54, 1.807) is 4.90 Å². The quantitative estimate of drug-likeness (QED) is 0.755. The third-order valence-electron chi connectivity index (χ3n) is 4.02. The zero-order valence-electron chi connectivity index (χ0n) is 12.1. The highest BCUT2D eigenvalue weighted by Gasteiger charge is 2.50. The molecule has 0 aromatic rings. The highest BCUT2D eigenvalue weighted by molar-refractivity contribution is 7.99. The van der Waals surface area contributed by atoms with Gasteiger partial charge in [-0.05, 0) is 50.5 Å². The van der Waals surface area contributed by atoms with Gasteiger partial charge < -0.3 is 10.2 Å². The number of amides is 2. The van der Waals surface area contributed by atoms with Gasteiger partial charge in [0.2, 0.25) is 11.8 Å². The number of rotatable bonds is 6. The van der Waals surface area contributed by atoms with Crippen LogP contribution in [0.4, 0.5) is 0 Å². The van der Waals surface area contributed by atoms with Crippen LogP contribution in [0, 0.1) is 5.92 Å². The molecule has 1 unspecified atom stereocenters. The molecular formula is C14H24N2O2S. The summed E-state index contributed by atoms with van der Waals surface area (Å²) in [6.07, 6.45) is 3.09. The fraction of sp³-hybridized carbons (Fsp3) is 0.857. The van der Waals surface area contributed by atoms with E-state index in [-0.39, 0.29) is 17.9 Å². The van der Waals surface area contributed by atoms with Crippen LogP contribution in [0.5, 0.6) is 0 Å². The molecule has 5 heteroatoms. The summed E-state index contributed by atoms with van der Waals surface area (Å²) in [6.45, 7) is 6.51. The van der Waals surface area contributed by atoms with Crippen molar-refractivity contribution in [3.05, 3.63) is 0 Å². The summed E-state index contributed by atoms with van der Waals surface area (Å²) < 4.78 is 0. The molecule has 1 saturated carbocycles. The van der Waals surface area contributed by atoms with Crippen molar-refractivity contribution in [3.8, 4) is 0 Å². The number of nitrogens with one attached hydrogen (secondary N) is 1. The van der Waals surface area contributed by atoms with Gasteiger partial charge in [0.25, 0.3) is 0 Å². The summed E-state index contributed by atoms with van der Waals surface area (Å²) in [7, 11) is 0. The van der Waals surface area contributed by atoms with Gasteiger partial charge in [-0.1, -0.05) is 6.92 Å². The molecule has 0 radical (unpaired) electrons. The molecule has 1 aliphatic carbocycles. The van der Waals surface area contributed by atoms with Gasteiger partial charge in [-0.2, -0.15) is 11.8 Å². The zero-order chi connectivity index (χ0) is 14.0. The Hall–Kier alpha value is -0.710. The lowest BCUT2D eigenvalue weighted by Crippen LogP contribution is -2.69.